The topological polar surface area (TPSA) is 87.7 Å². The highest BCUT2D eigenvalue weighted by molar-refractivity contribution is 7.98. The van der Waals surface area contributed by atoms with Gasteiger partial charge in [0.15, 0.2) is 0 Å². The monoisotopic (exact) mass is 569 g/mol. The number of thioether (sulfide) groups is 1. The van der Waals surface area contributed by atoms with Gasteiger partial charge in [0.25, 0.3) is 5.91 Å². The van der Waals surface area contributed by atoms with Crippen LogP contribution in [0.25, 0.3) is 0 Å². The molecule has 0 aliphatic heterocycles. The molecule has 0 aromatic heterocycles. The lowest BCUT2D eigenvalue weighted by Crippen LogP contribution is -2.52. The number of hydrogen-bond donors (Lipinski definition) is 2. The van der Waals surface area contributed by atoms with Gasteiger partial charge in [-0.3, -0.25) is 9.59 Å². The molecule has 0 bridgehead atoms. The first-order valence-corrected chi connectivity index (χ1v) is 14.2. The van der Waals surface area contributed by atoms with Crippen LogP contribution in [0.4, 0.5) is 10.5 Å². The van der Waals surface area contributed by atoms with Gasteiger partial charge in [-0.25, -0.2) is 4.79 Å². The Morgan fingerprint density at radius 1 is 1.21 bits per heavy atom. The second kappa shape index (κ2) is 14.7. The Labute approximate surface area is 240 Å². The van der Waals surface area contributed by atoms with E-state index in [1.165, 1.54) is 22.7 Å². The van der Waals surface area contributed by atoms with Crippen LogP contribution in [-0.2, 0) is 14.3 Å². The molecule has 3 amide bonds. The highest BCUT2D eigenvalue weighted by Crippen LogP contribution is 2.31. The predicted molar refractivity (Wildman–Crippen MR) is 160 cm³/mol. The zero-order chi connectivity index (χ0) is 29.2. The first kappa shape index (κ1) is 31.8. The average molecular weight is 570 g/mol. The van der Waals surface area contributed by atoms with Crippen LogP contribution in [0, 0.1) is 19.3 Å². The van der Waals surface area contributed by atoms with E-state index >= 15 is 0 Å². The van der Waals surface area contributed by atoms with Gasteiger partial charge in [0, 0.05) is 12.1 Å². The van der Waals surface area contributed by atoms with Gasteiger partial charge < -0.3 is 20.3 Å². The molecule has 2 aromatic rings. The molecule has 2 unspecified atom stereocenters. The summed E-state index contributed by atoms with van der Waals surface area (Å²) in [5.74, 6) is 2.22. The summed E-state index contributed by atoms with van der Waals surface area (Å²) in [5, 5.41) is 5.95. The van der Waals surface area contributed by atoms with Crippen LogP contribution in [0.2, 0.25) is 5.02 Å². The lowest BCUT2D eigenvalue weighted by Gasteiger charge is -2.34. The number of carbonyl (C=O) groups excluding carboxylic acids is 3. The van der Waals surface area contributed by atoms with Crippen LogP contribution in [0.1, 0.15) is 49.9 Å². The summed E-state index contributed by atoms with van der Waals surface area (Å²) < 4.78 is 5.40. The zero-order valence-corrected chi connectivity index (χ0v) is 24.6. The van der Waals surface area contributed by atoms with Crippen molar-refractivity contribution in [3.63, 3.8) is 0 Å². The number of para-hydroxylation sites is 1. The van der Waals surface area contributed by atoms with Gasteiger partial charge >= 0.3 is 6.09 Å². The quantitative estimate of drug-likeness (QED) is 0.257. The van der Waals surface area contributed by atoms with Gasteiger partial charge in [-0.05, 0) is 69.4 Å². The summed E-state index contributed by atoms with van der Waals surface area (Å²) in [6, 6.07) is 10.1. The molecule has 0 aliphatic carbocycles. The van der Waals surface area contributed by atoms with E-state index in [9.17, 15) is 14.4 Å². The SMILES string of the molecule is C#Cc1ccccc1C(C(=O)Nc1c(C)cccc1Cl)N(CC=C)C(=O)C(CCSC)NC(=O)OC(C)(C)C. The smallest absolute Gasteiger partial charge is 0.408 e. The van der Waals surface area contributed by atoms with Crippen molar-refractivity contribution in [3.05, 3.63) is 76.8 Å². The number of anilines is 1. The van der Waals surface area contributed by atoms with Crippen molar-refractivity contribution in [1.29, 1.82) is 0 Å². The Balaban J connectivity index is 2.59. The summed E-state index contributed by atoms with van der Waals surface area (Å²) in [7, 11) is 0. The van der Waals surface area contributed by atoms with Crippen molar-refractivity contribution >= 4 is 47.0 Å². The van der Waals surface area contributed by atoms with Gasteiger partial charge in [-0.15, -0.1) is 13.0 Å². The summed E-state index contributed by atoms with van der Waals surface area (Å²) in [4.78, 5) is 42.1. The minimum Gasteiger partial charge on any atom is -0.444 e. The first-order chi connectivity index (χ1) is 18.4. The second-order valence-electron chi connectivity index (χ2n) is 9.81. The fraction of sp³-hybridized carbons (Fsp3) is 0.367. The molecule has 7 nitrogen and oxygen atoms in total. The van der Waals surface area contributed by atoms with E-state index < -0.39 is 35.6 Å². The van der Waals surface area contributed by atoms with E-state index in [1.807, 2.05) is 19.2 Å². The highest BCUT2D eigenvalue weighted by atomic mass is 35.5. The summed E-state index contributed by atoms with van der Waals surface area (Å²) in [5.41, 5.74) is 1.35. The van der Waals surface area contributed by atoms with Gasteiger partial charge in [-0.2, -0.15) is 11.8 Å². The zero-order valence-electron chi connectivity index (χ0n) is 23.0. The maximum absolute atomic E-state index is 14.1. The maximum atomic E-state index is 14.1. The van der Waals surface area contributed by atoms with Gasteiger partial charge in [0.2, 0.25) is 5.91 Å². The Morgan fingerprint density at radius 2 is 1.90 bits per heavy atom. The van der Waals surface area contributed by atoms with Crippen LogP contribution in [-0.4, -0.2) is 53.0 Å². The van der Waals surface area contributed by atoms with Crippen LogP contribution in [0.5, 0.6) is 0 Å². The van der Waals surface area contributed by atoms with Crippen molar-refractivity contribution in [2.75, 3.05) is 23.9 Å². The number of aryl methyl sites for hydroxylation is 1. The fourth-order valence-electron chi connectivity index (χ4n) is 3.90. The molecule has 0 heterocycles. The molecule has 0 saturated carbocycles. The minimum atomic E-state index is -1.14. The largest absolute Gasteiger partial charge is 0.444 e. The van der Waals surface area contributed by atoms with Gasteiger partial charge in [0.1, 0.15) is 17.7 Å². The minimum absolute atomic E-state index is 0.0170. The standard InChI is InChI=1S/C30H36ClN3O4S/c1-8-18-34(28(36)24(17-19-39-7)32-29(37)38-30(4,5)6)26(22-15-11-10-14-21(22)9-2)27(35)33-25-20(3)13-12-16-23(25)31/h2,8,10-16,24,26H,1,17-19H2,3-7H3,(H,32,37)(H,33,35). The molecule has 208 valence electrons. The van der Waals surface area contributed by atoms with Crippen molar-refractivity contribution in [3.8, 4) is 12.3 Å². The third kappa shape index (κ3) is 9.09. The van der Waals surface area contributed by atoms with E-state index in [-0.39, 0.29) is 6.54 Å². The van der Waals surface area contributed by atoms with Gasteiger partial charge in [0.05, 0.1) is 10.7 Å². The number of amides is 3. The van der Waals surface area contributed by atoms with Crippen molar-refractivity contribution < 1.29 is 19.1 Å². The molecule has 2 aromatic carbocycles. The Morgan fingerprint density at radius 3 is 2.49 bits per heavy atom. The lowest BCUT2D eigenvalue weighted by atomic mass is 9.97. The number of alkyl carbamates (subject to hydrolysis) is 1. The molecule has 0 fully saturated rings. The van der Waals surface area contributed by atoms with Crippen molar-refractivity contribution in [1.82, 2.24) is 10.2 Å². The molecule has 0 saturated heterocycles. The highest BCUT2D eigenvalue weighted by Gasteiger charge is 2.37. The van der Waals surface area contributed by atoms with E-state index in [0.29, 0.717) is 34.0 Å². The summed E-state index contributed by atoms with van der Waals surface area (Å²) >= 11 is 7.93. The number of halogens is 1. The van der Waals surface area contributed by atoms with Crippen molar-refractivity contribution in [2.45, 2.75) is 51.8 Å². The Bertz CT molecular complexity index is 1220. The van der Waals surface area contributed by atoms with Crippen LogP contribution < -0.4 is 10.6 Å². The number of nitrogens with one attached hydrogen (secondary N) is 2. The average Bonchev–Trinajstić information content (AvgIpc) is 2.87. The molecule has 0 radical (unpaired) electrons. The molecule has 9 heteroatoms. The number of nitrogens with zero attached hydrogens (tertiary/aromatic N) is 1. The Kier molecular flexibility index (Phi) is 12.0. The molecule has 39 heavy (non-hydrogen) atoms. The van der Waals surface area contributed by atoms with Crippen molar-refractivity contribution in [2.24, 2.45) is 0 Å². The second-order valence-corrected chi connectivity index (χ2v) is 11.2. The molecular formula is C30H36ClN3O4S. The Hall–Kier alpha value is -3.41. The fourth-order valence-corrected chi connectivity index (χ4v) is 4.64. The number of carbonyl (C=O) groups is 3. The number of ether oxygens (including phenoxy) is 1. The van der Waals surface area contributed by atoms with Crippen LogP contribution >= 0.6 is 23.4 Å². The number of terminal acetylenes is 1. The summed E-state index contributed by atoms with van der Waals surface area (Å²) in [6.07, 6.45) is 8.81. The molecule has 0 spiro atoms. The molecular weight excluding hydrogens is 534 g/mol. The van der Waals surface area contributed by atoms with Crippen LogP contribution in [0.15, 0.2) is 55.1 Å². The third-order valence-corrected chi connectivity index (χ3v) is 6.61. The number of benzene rings is 2. The molecule has 0 aliphatic rings. The van der Waals surface area contributed by atoms with Crippen LogP contribution in [0.3, 0.4) is 0 Å². The summed E-state index contributed by atoms with van der Waals surface area (Å²) in [6.45, 7) is 10.9. The molecule has 2 N–H and O–H groups in total. The van der Waals surface area contributed by atoms with E-state index in [4.69, 9.17) is 22.8 Å². The van der Waals surface area contributed by atoms with E-state index in [1.54, 1.807) is 57.2 Å². The predicted octanol–water partition coefficient (Wildman–Crippen LogP) is 5.97. The normalized spacial score (nSPS) is 12.4. The lowest BCUT2D eigenvalue weighted by molar-refractivity contribution is -0.140. The molecule has 2 rings (SSSR count). The first-order valence-electron chi connectivity index (χ1n) is 12.4. The number of rotatable bonds is 11. The number of hydrogen-bond acceptors (Lipinski definition) is 5. The molecule has 2 atom stereocenters. The van der Waals surface area contributed by atoms with E-state index in [2.05, 4.69) is 23.1 Å². The van der Waals surface area contributed by atoms with Gasteiger partial charge in [-0.1, -0.05) is 53.9 Å². The maximum Gasteiger partial charge on any atom is 0.408 e. The van der Waals surface area contributed by atoms with E-state index in [0.717, 1.165) is 5.56 Å². The third-order valence-electron chi connectivity index (χ3n) is 5.65.